The molecule has 1 saturated carbocycles. The van der Waals surface area contributed by atoms with Crippen LogP contribution in [0.3, 0.4) is 0 Å². The molecule has 7 nitrogen and oxygen atoms in total. The third-order valence-corrected chi connectivity index (χ3v) is 9.22. The SMILES string of the molecule is COc1ccc(-c2ccc(S(=O)(=O)N[C@@]3(C(=O)O)CC3(C)c3ccccc3)s2)cc1CO. The Labute approximate surface area is 190 Å². The Kier molecular flexibility index (Phi) is 5.62. The minimum atomic E-state index is -4.08. The first-order valence-electron chi connectivity index (χ1n) is 9.88. The molecule has 0 spiro atoms. The Morgan fingerprint density at radius 1 is 1.16 bits per heavy atom. The monoisotopic (exact) mass is 473 g/mol. The van der Waals surface area contributed by atoms with Gasteiger partial charge in [0.05, 0.1) is 13.7 Å². The molecule has 168 valence electrons. The zero-order valence-corrected chi connectivity index (χ0v) is 19.2. The first-order valence-corrected chi connectivity index (χ1v) is 12.2. The van der Waals surface area contributed by atoms with Crippen molar-refractivity contribution in [1.82, 2.24) is 4.72 Å². The highest BCUT2D eigenvalue weighted by molar-refractivity contribution is 7.91. The first kappa shape index (κ1) is 22.5. The van der Waals surface area contributed by atoms with Crippen molar-refractivity contribution in [2.24, 2.45) is 0 Å². The minimum absolute atomic E-state index is 0.0248. The predicted molar refractivity (Wildman–Crippen MR) is 121 cm³/mol. The fourth-order valence-electron chi connectivity index (χ4n) is 4.10. The molecule has 1 aliphatic carbocycles. The Hall–Kier alpha value is -2.72. The highest BCUT2D eigenvalue weighted by atomic mass is 32.2. The summed E-state index contributed by atoms with van der Waals surface area (Å²) in [6, 6.07) is 17.4. The maximum Gasteiger partial charge on any atom is 0.325 e. The maximum atomic E-state index is 13.2. The van der Waals surface area contributed by atoms with Gasteiger partial charge in [-0.05, 0) is 47.9 Å². The van der Waals surface area contributed by atoms with Gasteiger partial charge in [-0.15, -0.1) is 11.3 Å². The average molecular weight is 474 g/mol. The molecule has 1 fully saturated rings. The van der Waals surface area contributed by atoms with E-state index < -0.39 is 26.9 Å². The van der Waals surface area contributed by atoms with Crippen molar-refractivity contribution in [2.75, 3.05) is 7.11 Å². The number of rotatable bonds is 8. The molecule has 0 aliphatic heterocycles. The van der Waals surface area contributed by atoms with E-state index in [-0.39, 0.29) is 17.2 Å². The number of hydrogen-bond acceptors (Lipinski definition) is 6. The van der Waals surface area contributed by atoms with E-state index >= 15 is 0 Å². The maximum absolute atomic E-state index is 13.2. The number of ether oxygens (including phenoxy) is 1. The molecule has 3 N–H and O–H groups in total. The Balaban J connectivity index is 1.64. The molecule has 0 radical (unpaired) electrons. The highest BCUT2D eigenvalue weighted by Crippen LogP contribution is 2.58. The van der Waals surface area contributed by atoms with E-state index in [0.717, 1.165) is 22.5 Å². The van der Waals surface area contributed by atoms with E-state index in [1.807, 2.05) is 18.2 Å². The van der Waals surface area contributed by atoms with E-state index in [0.29, 0.717) is 16.2 Å². The lowest BCUT2D eigenvalue weighted by atomic mass is 9.93. The Bertz CT molecular complexity index is 1270. The van der Waals surface area contributed by atoms with Gasteiger partial charge in [0.15, 0.2) is 0 Å². The van der Waals surface area contributed by atoms with Gasteiger partial charge in [0.1, 0.15) is 15.5 Å². The number of thiophene rings is 1. The molecule has 0 amide bonds. The van der Waals surface area contributed by atoms with Gasteiger partial charge in [-0.25, -0.2) is 8.42 Å². The summed E-state index contributed by atoms with van der Waals surface area (Å²) in [5.41, 5.74) is -0.371. The van der Waals surface area contributed by atoms with Gasteiger partial charge in [0, 0.05) is 15.9 Å². The van der Waals surface area contributed by atoms with Crippen molar-refractivity contribution < 1.29 is 28.2 Å². The number of methoxy groups -OCH3 is 1. The van der Waals surface area contributed by atoms with Crippen LogP contribution in [-0.2, 0) is 26.8 Å². The van der Waals surface area contributed by atoms with Gasteiger partial charge < -0.3 is 14.9 Å². The number of aliphatic hydroxyl groups excluding tert-OH is 1. The van der Waals surface area contributed by atoms with Crippen LogP contribution in [0.5, 0.6) is 5.75 Å². The largest absolute Gasteiger partial charge is 0.496 e. The van der Waals surface area contributed by atoms with E-state index in [2.05, 4.69) is 4.72 Å². The van der Waals surface area contributed by atoms with Crippen molar-refractivity contribution in [1.29, 1.82) is 0 Å². The topological polar surface area (TPSA) is 113 Å². The second kappa shape index (κ2) is 8.00. The van der Waals surface area contributed by atoms with Crippen molar-refractivity contribution >= 4 is 27.3 Å². The fourth-order valence-corrected chi connectivity index (χ4v) is 6.86. The van der Waals surface area contributed by atoms with Gasteiger partial charge in [-0.1, -0.05) is 37.3 Å². The van der Waals surface area contributed by atoms with Crippen LogP contribution in [0.2, 0.25) is 0 Å². The number of aliphatic hydroxyl groups is 1. The molecular weight excluding hydrogens is 450 g/mol. The van der Waals surface area contributed by atoms with E-state index in [1.54, 1.807) is 43.3 Å². The van der Waals surface area contributed by atoms with Crippen LogP contribution in [0.4, 0.5) is 0 Å². The third kappa shape index (κ3) is 3.61. The lowest BCUT2D eigenvalue weighted by molar-refractivity contribution is -0.140. The molecule has 1 heterocycles. The van der Waals surface area contributed by atoms with Crippen molar-refractivity contribution in [3.63, 3.8) is 0 Å². The zero-order valence-electron chi connectivity index (χ0n) is 17.5. The van der Waals surface area contributed by atoms with Crippen LogP contribution in [0, 0.1) is 0 Å². The van der Waals surface area contributed by atoms with Crippen molar-refractivity contribution in [3.8, 4) is 16.2 Å². The van der Waals surface area contributed by atoms with Gasteiger partial charge in [0.25, 0.3) is 10.0 Å². The van der Waals surface area contributed by atoms with Crippen LogP contribution in [0.15, 0.2) is 64.9 Å². The number of nitrogens with one attached hydrogen (secondary N) is 1. The predicted octanol–water partition coefficient (Wildman–Crippen LogP) is 3.38. The van der Waals surface area contributed by atoms with Crippen LogP contribution >= 0.6 is 11.3 Å². The lowest BCUT2D eigenvalue weighted by Crippen LogP contribution is -2.47. The standard InChI is InChI=1S/C23H23NO6S2/c1-22(17-6-4-3-5-7-17)14-23(22,21(26)27)24-32(28,29)20-11-10-19(31-20)15-8-9-18(30-2)16(12-15)13-25/h3-12,24-25H,13-14H2,1-2H3,(H,26,27)/t22?,23-/m1/s1. The summed E-state index contributed by atoms with van der Waals surface area (Å²) in [4.78, 5) is 12.9. The average Bonchev–Trinajstić information content (AvgIpc) is 3.14. The summed E-state index contributed by atoms with van der Waals surface area (Å²) in [7, 11) is -2.57. The molecular formula is C23H23NO6S2. The van der Waals surface area contributed by atoms with Crippen LogP contribution in [-0.4, -0.2) is 37.2 Å². The van der Waals surface area contributed by atoms with Gasteiger partial charge in [-0.3, -0.25) is 4.79 Å². The Morgan fingerprint density at radius 2 is 1.88 bits per heavy atom. The quantitative estimate of drug-likeness (QED) is 0.462. The van der Waals surface area contributed by atoms with Gasteiger partial charge in [0.2, 0.25) is 0 Å². The van der Waals surface area contributed by atoms with Crippen LogP contribution in [0.1, 0.15) is 24.5 Å². The summed E-state index contributed by atoms with van der Waals surface area (Å²) < 4.78 is 34.0. The van der Waals surface area contributed by atoms with Gasteiger partial charge >= 0.3 is 5.97 Å². The van der Waals surface area contributed by atoms with Crippen LogP contribution in [0.25, 0.3) is 10.4 Å². The number of carboxylic acid groups (broad SMARTS) is 1. The highest BCUT2D eigenvalue weighted by Gasteiger charge is 2.72. The van der Waals surface area contributed by atoms with E-state index in [9.17, 15) is 23.4 Å². The number of carbonyl (C=O) groups is 1. The first-order chi connectivity index (χ1) is 15.2. The number of carboxylic acids is 1. The zero-order chi connectivity index (χ0) is 23.1. The summed E-state index contributed by atoms with van der Waals surface area (Å²) in [5, 5.41) is 19.5. The lowest BCUT2D eigenvalue weighted by Gasteiger charge is -2.20. The smallest absolute Gasteiger partial charge is 0.325 e. The number of aliphatic carboxylic acids is 1. The fraction of sp³-hybridized carbons (Fsp3) is 0.261. The summed E-state index contributed by atoms with van der Waals surface area (Å²) in [6.45, 7) is 1.54. The molecule has 2 aromatic carbocycles. The second-order valence-electron chi connectivity index (χ2n) is 7.99. The van der Waals surface area contributed by atoms with Crippen molar-refractivity contribution in [3.05, 3.63) is 71.8 Å². The molecule has 2 atom stereocenters. The number of benzene rings is 2. The summed E-state index contributed by atoms with van der Waals surface area (Å²) in [5.74, 6) is -0.661. The Morgan fingerprint density at radius 3 is 2.50 bits per heavy atom. The molecule has 1 unspecified atom stereocenters. The number of hydrogen-bond donors (Lipinski definition) is 3. The van der Waals surface area contributed by atoms with E-state index in [1.165, 1.54) is 13.2 Å². The van der Waals surface area contributed by atoms with E-state index in [4.69, 9.17) is 4.74 Å². The third-order valence-electron chi connectivity index (χ3n) is 6.10. The summed E-state index contributed by atoms with van der Waals surface area (Å²) in [6.07, 6.45) is 0.162. The molecule has 0 bridgehead atoms. The van der Waals surface area contributed by atoms with Gasteiger partial charge in [-0.2, -0.15) is 4.72 Å². The second-order valence-corrected chi connectivity index (χ2v) is 11.0. The molecule has 4 rings (SSSR count). The molecule has 0 saturated heterocycles. The molecule has 1 aromatic heterocycles. The molecule has 1 aliphatic rings. The minimum Gasteiger partial charge on any atom is -0.496 e. The molecule has 9 heteroatoms. The number of sulfonamides is 1. The van der Waals surface area contributed by atoms with Crippen LogP contribution < -0.4 is 9.46 Å². The summed E-state index contributed by atoms with van der Waals surface area (Å²) >= 11 is 1.04. The van der Waals surface area contributed by atoms with Crippen molar-refractivity contribution in [2.45, 2.75) is 35.1 Å². The molecule has 32 heavy (non-hydrogen) atoms. The normalized spacial score (nSPS) is 22.5. The molecule has 3 aromatic rings.